The minimum atomic E-state index is 0.632. The second-order valence-corrected chi connectivity index (χ2v) is 6.91. The molecule has 4 nitrogen and oxygen atoms in total. The Morgan fingerprint density at radius 1 is 1.09 bits per heavy atom. The van der Waals surface area contributed by atoms with E-state index >= 15 is 0 Å². The molecule has 2 aliphatic rings. The van der Waals surface area contributed by atoms with Crippen LogP contribution in [0.4, 0.5) is 5.69 Å². The minimum Gasteiger partial charge on any atom is -0.372 e. The van der Waals surface area contributed by atoms with Crippen LogP contribution in [0.1, 0.15) is 50.5 Å². The number of nitrogens with one attached hydrogen (secondary N) is 2. The van der Waals surface area contributed by atoms with E-state index in [1.165, 1.54) is 56.2 Å². The quantitative estimate of drug-likeness (QED) is 0.647. The van der Waals surface area contributed by atoms with Gasteiger partial charge in [0.25, 0.3) is 0 Å². The Balaban J connectivity index is 1.51. The summed E-state index contributed by atoms with van der Waals surface area (Å²) in [6, 6.07) is 10.3. The first-order valence-corrected chi connectivity index (χ1v) is 9.05. The number of benzene rings is 1. The van der Waals surface area contributed by atoms with Crippen LogP contribution >= 0.6 is 0 Å². The predicted molar refractivity (Wildman–Crippen MR) is 98.1 cm³/mol. The molecule has 2 aliphatic carbocycles. The molecule has 0 bridgehead atoms. The third-order valence-electron chi connectivity index (χ3n) is 5.07. The van der Waals surface area contributed by atoms with E-state index in [4.69, 9.17) is 0 Å². The van der Waals surface area contributed by atoms with Crippen LogP contribution in [-0.4, -0.2) is 32.1 Å². The van der Waals surface area contributed by atoms with Crippen molar-refractivity contribution in [3.8, 4) is 0 Å². The fourth-order valence-corrected chi connectivity index (χ4v) is 3.33. The van der Waals surface area contributed by atoms with E-state index in [1.54, 1.807) is 0 Å². The normalized spacial score (nSPS) is 19.5. The van der Waals surface area contributed by atoms with Crippen LogP contribution in [0.25, 0.3) is 0 Å². The van der Waals surface area contributed by atoms with Crippen LogP contribution < -0.4 is 15.5 Å². The van der Waals surface area contributed by atoms with E-state index in [0.29, 0.717) is 12.1 Å². The molecule has 2 N–H and O–H groups in total. The van der Waals surface area contributed by atoms with Gasteiger partial charge < -0.3 is 15.5 Å². The SMILES string of the molecule is CN=C(NCc1ccc(N(C)C2CCCCC2)cc1)NC1CC1. The fourth-order valence-electron chi connectivity index (χ4n) is 3.33. The molecular weight excluding hydrogens is 284 g/mol. The Kier molecular flexibility index (Phi) is 5.42. The molecule has 0 unspecified atom stereocenters. The topological polar surface area (TPSA) is 39.7 Å². The Hall–Kier alpha value is -1.71. The van der Waals surface area contributed by atoms with Crippen molar-refractivity contribution in [1.82, 2.24) is 10.6 Å². The van der Waals surface area contributed by atoms with Gasteiger partial charge in [0, 0.05) is 38.4 Å². The third kappa shape index (κ3) is 4.63. The smallest absolute Gasteiger partial charge is 0.191 e. The summed E-state index contributed by atoms with van der Waals surface area (Å²) in [6.45, 7) is 0.819. The van der Waals surface area contributed by atoms with Gasteiger partial charge in [-0.1, -0.05) is 31.4 Å². The molecular formula is C19H30N4. The van der Waals surface area contributed by atoms with E-state index in [2.05, 4.69) is 51.8 Å². The zero-order valence-corrected chi connectivity index (χ0v) is 14.5. The molecule has 4 heteroatoms. The van der Waals surface area contributed by atoms with Crippen molar-refractivity contribution in [2.75, 3.05) is 19.0 Å². The highest BCUT2D eigenvalue weighted by Gasteiger charge is 2.22. The van der Waals surface area contributed by atoms with Gasteiger partial charge in [0.05, 0.1) is 0 Å². The van der Waals surface area contributed by atoms with Crippen LogP contribution in [0.5, 0.6) is 0 Å². The van der Waals surface area contributed by atoms with Crippen LogP contribution in [0.3, 0.4) is 0 Å². The van der Waals surface area contributed by atoms with E-state index in [-0.39, 0.29) is 0 Å². The molecule has 0 heterocycles. The maximum Gasteiger partial charge on any atom is 0.191 e. The second-order valence-electron chi connectivity index (χ2n) is 6.91. The van der Waals surface area contributed by atoms with E-state index < -0.39 is 0 Å². The lowest BCUT2D eigenvalue weighted by atomic mass is 9.94. The summed E-state index contributed by atoms with van der Waals surface area (Å²) in [5, 5.41) is 6.81. The molecule has 1 aromatic carbocycles. The van der Waals surface area contributed by atoms with Crippen molar-refractivity contribution < 1.29 is 0 Å². The number of anilines is 1. The first kappa shape index (κ1) is 16.2. The molecule has 0 aromatic heterocycles. The molecule has 2 saturated carbocycles. The summed E-state index contributed by atoms with van der Waals surface area (Å²) in [6.07, 6.45) is 9.37. The zero-order chi connectivity index (χ0) is 16.1. The summed E-state index contributed by atoms with van der Waals surface area (Å²) in [4.78, 5) is 6.74. The number of aliphatic imine (C=N–C) groups is 1. The third-order valence-corrected chi connectivity index (χ3v) is 5.07. The van der Waals surface area contributed by atoms with Crippen LogP contribution in [-0.2, 0) is 6.54 Å². The molecule has 0 atom stereocenters. The van der Waals surface area contributed by atoms with Gasteiger partial charge in [-0.15, -0.1) is 0 Å². The monoisotopic (exact) mass is 314 g/mol. The standard InChI is InChI=1S/C19H30N4/c1-20-19(22-16-10-11-16)21-14-15-8-12-18(13-9-15)23(2)17-6-4-3-5-7-17/h8-9,12-13,16-17H,3-7,10-11,14H2,1-2H3,(H2,20,21,22). The molecule has 0 saturated heterocycles. The van der Waals surface area contributed by atoms with Crippen LogP contribution in [0.15, 0.2) is 29.3 Å². The summed E-state index contributed by atoms with van der Waals surface area (Å²) in [7, 11) is 4.07. The highest BCUT2D eigenvalue weighted by Crippen LogP contribution is 2.26. The van der Waals surface area contributed by atoms with Crippen LogP contribution in [0.2, 0.25) is 0 Å². The van der Waals surface area contributed by atoms with Gasteiger partial charge in [-0.05, 0) is 43.4 Å². The number of nitrogens with zero attached hydrogens (tertiary/aromatic N) is 2. The Bertz CT molecular complexity index is 513. The summed E-state index contributed by atoms with van der Waals surface area (Å²) >= 11 is 0. The lowest BCUT2D eigenvalue weighted by Crippen LogP contribution is -2.38. The van der Waals surface area contributed by atoms with Gasteiger partial charge in [-0.2, -0.15) is 0 Å². The van der Waals surface area contributed by atoms with E-state index in [0.717, 1.165) is 12.5 Å². The zero-order valence-electron chi connectivity index (χ0n) is 14.5. The van der Waals surface area contributed by atoms with Gasteiger partial charge >= 0.3 is 0 Å². The molecule has 1 aromatic rings. The van der Waals surface area contributed by atoms with Crippen molar-refractivity contribution in [3.63, 3.8) is 0 Å². The molecule has 126 valence electrons. The van der Waals surface area contributed by atoms with Crippen molar-refractivity contribution in [2.45, 2.75) is 63.6 Å². The number of guanidine groups is 1. The number of hydrogen-bond acceptors (Lipinski definition) is 2. The highest BCUT2D eigenvalue weighted by atomic mass is 15.2. The summed E-state index contributed by atoms with van der Waals surface area (Å²) in [5.74, 6) is 0.913. The van der Waals surface area contributed by atoms with Gasteiger partial charge in [0.1, 0.15) is 0 Å². The van der Waals surface area contributed by atoms with Gasteiger partial charge in [-0.3, -0.25) is 4.99 Å². The van der Waals surface area contributed by atoms with Crippen molar-refractivity contribution >= 4 is 11.6 Å². The number of hydrogen-bond donors (Lipinski definition) is 2. The van der Waals surface area contributed by atoms with Crippen molar-refractivity contribution in [3.05, 3.63) is 29.8 Å². The molecule has 0 amide bonds. The Morgan fingerprint density at radius 3 is 2.39 bits per heavy atom. The van der Waals surface area contributed by atoms with Gasteiger partial charge in [0.15, 0.2) is 5.96 Å². The largest absolute Gasteiger partial charge is 0.372 e. The first-order valence-electron chi connectivity index (χ1n) is 9.05. The number of rotatable bonds is 5. The first-order chi connectivity index (χ1) is 11.3. The minimum absolute atomic E-state index is 0.632. The molecule has 0 aliphatic heterocycles. The maximum atomic E-state index is 4.28. The molecule has 23 heavy (non-hydrogen) atoms. The summed E-state index contributed by atoms with van der Waals surface area (Å²) < 4.78 is 0. The maximum absolute atomic E-state index is 4.28. The second kappa shape index (κ2) is 7.71. The molecule has 0 radical (unpaired) electrons. The van der Waals surface area contributed by atoms with Gasteiger partial charge in [-0.25, -0.2) is 0 Å². The highest BCUT2D eigenvalue weighted by molar-refractivity contribution is 5.80. The van der Waals surface area contributed by atoms with Crippen molar-refractivity contribution in [2.24, 2.45) is 4.99 Å². The molecule has 2 fully saturated rings. The van der Waals surface area contributed by atoms with E-state index in [1.807, 2.05) is 7.05 Å². The van der Waals surface area contributed by atoms with E-state index in [9.17, 15) is 0 Å². The Morgan fingerprint density at radius 2 is 1.78 bits per heavy atom. The van der Waals surface area contributed by atoms with Crippen LogP contribution in [0, 0.1) is 0 Å². The van der Waals surface area contributed by atoms with Gasteiger partial charge in [0.2, 0.25) is 0 Å². The molecule has 3 rings (SSSR count). The average molecular weight is 314 g/mol. The predicted octanol–water partition coefficient (Wildman–Crippen LogP) is 3.28. The van der Waals surface area contributed by atoms with Crippen molar-refractivity contribution in [1.29, 1.82) is 0 Å². The summed E-state index contributed by atoms with van der Waals surface area (Å²) in [5.41, 5.74) is 2.63. The Labute approximate surface area is 140 Å². The fraction of sp³-hybridized carbons (Fsp3) is 0.632. The lowest BCUT2D eigenvalue weighted by Gasteiger charge is -2.33. The molecule has 0 spiro atoms. The lowest BCUT2D eigenvalue weighted by molar-refractivity contribution is 0.427. The average Bonchev–Trinajstić information content (AvgIpc) is 3.43.